The molecule has 2 aromatic carbocycles. The second-order valence-corrected chi connectivity index (χ2v) is 5.20. The largest absolute Gasteiger partial charge is 0.450 e. The van der Waals surface area contributed by atoms with Gasteiger partial charge in [-0.2, -0.15) is 0 Å². The molecule has 0 aliphatic heterocycles. The van der Waals surface area contributed by atoms with Gasteiger partial charge in [-0.05, 0) is 40.2 Å². The van der Waals surface area contributed by atoms with Gasteiger partial charge in [0.25, 0.3) is 5.91 Å². The lowest BCUT2D eigenvalue weighted by molar-refractivity contribution is 0.0998. The van der Waals surface area contributed by atoms with E-state index in [0.29, 0.717) is 10.1 Å². The quantitative estimate of drug-likeness (QED) is 0.725. The summed E-state index contributed by atoms with van der Waals surface area (Å²) in [6.45, 7) is 0. The Morgan fingerprint density at radius 1 is 1.14 bits per heavy atom. The van der Waals surface area contributed by atoms with E-state index in [9.17, 15) is 13.6 Å². The first-order valence-electron chi connectivity index (χ1n) is 5.99. The minimum Gasteiger partial charge on any atom is -0.450 e. The Labute approximate surface area is 126 Å². The molecule has 106 valence electrons. The van der Waals surface area contributed by atoms with Crippen molar-refractivity contribution in [2.45, 2.75) is 0 Å². The number of fused-ring (bicyclic) bond motifs is 1. The van der Waals surface area contributed by atoms with Gasteiger partial charge in [0.1, 0.15) is 17.2 Å². The number of furan rings is 1. The molecular formula is C15H8BrF2NO2. The van der Waals surface area contributed by atoms with E-state index >= 15 is 0 Å². The molecular weight excluding hydrogens is 344 g/mol. The summed E-state index contributed by atoms with van der Waals surface area (Å²) in [5.41, 5.74) is 0.280. The van der Waals surface area contributed by atoms with E-state index in [4.69, 9.17) is 4.42 Å². The molecule has 3 rings (SSSR count). The van der Waals surface area contributed by atoms with Gasteiger partial charge in [-0.3, -0.25) is 4.79 Å². The third-order valence-corrected chi connectivity index (χ3v) is 3.52. The summed E-state index contributed by atoms with van der Waals surface area (Å²) in [4.78, 5) is 12.0. The van der Waals surface area contributed by atoms with Gasteiger partial charge >= 0.3 is 0 Å². The lowest BCUT2D eigenvalue weighted by Crippen LogP contribution is -2.12. The van der Waals surface area contributed by atoms with E-state index in [2.05, 4.69) is 21.2 Å². The standard InChI is InChI=1S/C15H8BrF2NO2/c16-10-3-1-2-8-6-13(21-14(8)10)15(20)19-12-7-9(17)4-5-11(12)18/h1-7H,(H,19,20). The van der Waals surface area contributed by atoms with Gasteiger partial charge < -0.3 is 9.73 Å². The molecule has 0 spiro atoms. The number of amides is 1. The van der Waals surface area contributed by atoms with E-state index in [1.165, 1.54) is 6.07 Å². The molecule has 3 aromatic rings. The van der Waals surface area contributed by atoms with Crippen molar-refractivity contribution in [2.75, 3.05) is 5.32 Å². The van der Waals surface area contributed by atoms with E-state index in [1.54, 1.807) is 18.2 Å². The van der Waals surface area contributed by atoms with Crippen LogP contribution in [0, 0.1) is 11.6 Å². The summed E-state index contributed by atoms with van der Waals surface area (Å²) in [5.74, 6) is -2.00. The molecule has 1 amide bonds. The Morgan fingerprint density at radius 3 is 2.71 bits per heavy atom. The highest BCUT2D eigenvalue weighted by Gasteiger charge is 2.15. The zero-order valence-electron chi connectivity index (χ0n) is 10.5. The summed E-state index contributed by atoms with van der Waals surface area (Å²) in [6, 6.07) is 9.72. The summed E-state index contributed by atoms with van der Waals surface area (Å²) in [7, 11) is 0. The van der Waals surface area contributed by atoms with Crippen molar-refractivity contribution in [1.29, 1.82) is 0 Å². The minimum atomic E-state index is -0.720. The monoisotopic (exact) mass is 351 g/mol. The first kappa shape index (κ1) is 13.8. The van der Waals surface area contributed by atoms with Crippen molar-refractivity contribution in [2.24, 2.45) is 0 Å². The van der Waals surface area contributed by atoms with Crippen molar-refractivity contribution in [3.63, 3.8) is 0 Å². The van der Waals surface area contributed by atoms with Gasteiger partial charge in [-0.1, -0.05) is 12.1 Å². The number of halogens is 3. The highest BCUT2D eigenvalue weighted by Crippen LogP contribution is 2.27. The SMILES string of the molecule is O=C(Nc1cc(F)ccc1F)c1cc2cccc(Br)c2o1. The minimum absolute atomic E-state index is 0.0144. The predicted octanol–water partition coefficient (Wildman–Crippen LogP) is 4.73. The Bertz CT molecular complexity index is 845. The van der Waals surface area contributed by atoms with Gasteiger partial charge in [-0.25, -0.2) is 8.78 Å². The molecule has 0 unspecified atom stereocenters. The van der Waals surface area contributed by atoms with Crippen LogP contribution in [-0.4, -0.2) is 5.91 Å². The van der Waals surface area contributed by atoms with Gasteiger partial charge in [0, 0.05) is 11.5 Å². The maximum absolute atomic E-state index is 13.5. The third-order valence-electron chi connectivity index (χ3n) is 2.90. The van der Waals surface area contributed by atoms with Crippen LogP contribution in [0.25, 0.3) is 11.0 Å². The van der Waals surface area contributed by atoms with E-state index in [-0.39, 0.29) is 11.4 Å². The van der Waals surface area contributed by atoms with Crippen molar-refractivity contribution in [1.82, 2.24) is 0 Å². The van der Waals surface area contributed by atoms with Gasteiger partial charge in [0.15, 0.2) is 5.76 Å². The number of para-hydroxylation sites is 1. The Balaban J connectivity index is 1.93. The van der Waals surface area contributed by atoms with Gasteiger partial charge in [0.05, 0.1) is 10.2 Å². The maximum atomic E-state index is 13.5. The van der Waals surface area contributed by atoms with Gasteiger partial charge in [-0.15, -0.1) is 0 Å². The molecule has 0 bridgehead atoms. The summed E-state index contributed by atoms with van der Waals surface area (Å²) < 4.78 is 32.7. The summed E-state index contributed by atoms with van der Waals surface area (Å²) >= 11 is 3.31. The lowest BCUT2D eigenvalue weighted by atomic mass is 10.2. The molecule has 0 aliphatic rings. The smallest absolute Gasteiger partial charge is 0.291 e. The van der Waals surface area contributed by atoms with Crippen molar-refractivity contribution in [3.8, 4) is 0 Å². The number of hydrogen-bond acceptors (Lipinski definition) is 2. The molecule has 0 aliphatic carbocycles. The first-order chi connectivity index (χ1) is 10.0. The number of carbonyl (C=O) groups excluding carboxylic acids is 1. The zero-order valence-corrected chi connectivity index (χ0v) is 12.1. The van der Waals surface area contributed by atoms with Crippen LogP contribution in [0.4, 0.5) is 14.5 Å². The topological polar surface area (TPSA) is 42.2 Å². The number of rotatable bonds is 2. The van der Waals surface area contributed by atoms with Crippen LogP contribution in [0.5, 0.6) is 0 Å². The number of hydrogen-bond donors (Lipinski definition) is 1. The number of benzene rings is 2. The Morgan fingerprint density at radius 2 is 1.95 bits per heavy atom. The van der Waals surface area contributed by atoms with E-state index in [1.807, 2.05) is 0 Å². The first-order valence-corrected chi connectivity index (χ1v) is 6.78. The van der Waals surface area contributed by atoms with Crippen LogP contribution in [0.2, 0.25) is 0 Å². The fourth-order valence-electron chi connectivity index (χ4n) is 1.92. The van der Waals surface area contributed by atoms with Crippen molar-refractivity contribution < 1.29 is 18.0 Å². The van der Waals surface area contributed by atoms with E-state index in [0.717, 1.165) is 23.6 Å². The molecule has 21 heavy (non-hydrogen) atoms. The van der Waals surface area contributed by atoms with Crippen LogP contribution in [0.1, 0.15) is 10.6 Å². The average Bonchev–Trinajstić information content (AvgIpc) is 2.88. The second kappa shape index (κ2) is 5.29. The summed E-state index contributed by atoms with van der Waals surface area (Å²) in [6.07, 6.45) is 0. The average molecular weight is 352 g/mol. The van der Waals surface area contributed by atoms with E-state index < -0.39 is 17.5 Å². The molecule has 0 saturated heterocycles. The fourth-order valence-corrected chi connectivity index (χ4v) is 2.38. The molecule has 1 aromatic heterocycles. The fraction of sp³-hybridized carbons (Fsp3) is 0. The molecule has 0 radical (unpaired) electrons. The predicted molar refractivity (Wildman–Crippen MR) is 78.2 cm³/mol. The van der Waals surface area contributed by atoms with Crippen LogP contribution in [0.3, 0.4) is 0 Å². The van der Waals surface area contributed by atoms with Crippen molar-refractivity contribution in [3.05, 3.63) is 64.3 Å². The number of carbonyl (C=O) groups is 1. The van der Waals surface area contributed by atoms with Gasteiger partial charge in [0.2, 0.25) is 0 Å². The lowest BCUT2D eigenvalue weighted by Gasteiger charge is -2.04. The third kappa shape index (κ3) is 2.67. The Hall–Kier alpha value is -2.21. The normalized spacial score (nSPS) is 10.8. The molecule has 1 heterocycles. The molecule has 0 atom stereocenters. The number of nitrogens with one attached hydrogen (secondary N) is 1. The molecule has 0 saturated carbocycles. The highest BCUT2D eigenvalue weighted by atomic mass is 79.9. The van der Waals surface area contributed by atoms with Crippen molar-refractivity contribution >= 4 is 38.5 Å². The Kier molecular flexibility index (Phi) is 3.47. The molecule has 3 nitrogen and oxygen atoms in total. The van der Waals surface area contributed by atoms with Crippen LogP contribution >= 0.6 is 15.9 Å². The maximum Gasteiger partial charge on any atom is 0.291 e. The molecule has 0 fully saturated rings. The second-order valence-electron chi connectivity index (χ2n) is 4.35. The summed E-state index contributed by atoms with van der Waals surface area (Å²) in [5, 5.41) is 3.02. The van der Waals surface area contributed by atoms with Crippen LogP contribution < -0.4 is 5.32 Å². The zero-order chi connectivity index (χ0) is 15.0. The number of anilines is 1. The highest BCUT2D eigenvalue weighted by molar-refractivity contribution is 9.10. The molecule has 1 N–H and O–H groups in total. The molecule has 6 heteroatoms. The van der Waals surface area contributed by atoms with Crippen LogP contribution in [-0.2, 0) is 0 Å². The van der Waals surface area contributed by atoms with Crippen LogP contribution in [0.15, 0.2) is 51.4 Å².